The van der Waals surface area contributed by atoms with Gasteiger partial charge in [-0.2, -0.15) is 0 Å². The number of aryl methyl sites for hydroxylation is 2. The zero-order valence-corrected chi connectivity index (χ0v) is 15.0. The molecule has 3 heterocycles. The Labute approximate surface area is 142 Å². The Morgan fingerprint density at radius 1 is 1.36 bits per heavy atom. The molecule has 0 aliphatic rings. The van der Waals surface area contributed by atoms with Crippen molar-refractivity contribution in [3.8, 4) is 0 Å². The lowest BCUT2D eigenvalue weighted by Gasteiger charge is -2.14. The van der Waals surface area contributed by atoms with Crippen molar-refractivity contribution in [3.63, 3.8) is 0 Å². The van der Waals surface area contributed by atoms with Crippen molar-refractivity contribution in [2.24, 2.45) is 0 Å². The van der Waals surface area contributed by atoms with Gasteiger partial charge >= 0.3 is 0 Å². The molecule has 3 aromatic heterocycles. The number of fused-ring (bicyclic) bond motifs is 1. The monoisotopic (exact) mass is 353 g/mol. The molecule has 0 amide bonds. The summed E-state index contributed by atoms with van der Waals surface area (Å²) in [6.07, 6.45) is 0. The van der Waals surface area contributed by atoms with Crippen molar-refractivity contribution < 1.29 is 0 Å². The van der Waals surface area contributed by atoms with Gasteiger partial charge in [-0.15, -0.1) is 16.4 Å². The molecule has 8 heteroatoms. The van der Waals surface area contributed by atoms with Gasteiger partial charge in [0.15, 0.2) is 0 Å². The average Bonchev–Trinajstić information content (AvgIpc) is 2.94. The number of halogens is 1. The molecule has 0 aliphatic heterocycles. The van der Waals surface area contributed by atoms with Crippen molar-refractivity contribution in [2.75, 3.05) is 7.05 Å². The molecule has 0 radical (unpaired) electrons. The number of aromatic nitrogens is 4. The maximum atomic E-state index is 5.97. The first-order valence-corrected chi connectivity index (χ1v) is 8.41. The van der Waals surface area contributed by atoms with Gasteiger partial charge in [0.05, 0.1) is 11.0 Å². The van der Waals surface area contributed by atoms with Crippen LogP contribution in [0.5, 0.6) is 0 Å². The van der Waals surface area contributed by atoms with Gasteiger partial charge in [-0.3, -0.25) is 9.30 Å². The smallest absolute Gasteiger partial charge is 0.254 e. The summed E-state index contributed by atoms with van der Waals surface area (Å²) in [6, 6.07) is 5.97. The standard InChI is InChI=1S/C14H16ClN5S2/c1-9-6-10(2)20-13(16-9)17-19(14(20)21)8-18(3)7-11-4-5-12(15)22-11/h4-6H,7-8H2,1-3H3. The molecule has 0 spiro atoms. The first-order valence-electron chi connectivity index (χ1n) is 6.80. The van der Waals surface area contributed by atoms with Crippen molar-refractivity contribution in [2.45, 2.75) is 27.1 Å². The van der Waals surface area contributed by atoms with E-state index in [-0.39, 0.29) is 0 Å². The van der Waals surface area contributed by atoms with Crippen LogP contribution in [0.3, 0.4) is 0 Å². The molecule has 22 heavy (non-hydrogen) atoms. The van der Waals surface area contributed by atoms with Crippen LogP contribution >= 0.6 is 35.2 Å². The highest BCUT2D eigenvalue weighted by Crippen LogP contribution is 2.22. The summed E-state index contributed by atoms with van der Waals surface area (Å²) in [5.41, 5.74) is 1.99. The van der Waals surface area contributed by atoms with Crippen LogP contribution in [0.25, 0.3) is 5.78 Å². The molecule has 116 valence electrons. The van der Waals surface area contributed by atoms with Crippen LogP contribution in [-0.2, 0) is 13.2 Å². The number of hydrogen-bond donors (Lipinski definition) is 0. The van der Waals surface area contributed by atoms with Crippen molar-refractivity contribution in [3.05, 3.63) is 43.6 Å². The van der Waals surface area contributed by atoms with Gasteiger partial charge in [-0.1, -0.05) is 11.6 Å². The van der Waals surface area contributed by atoms with Crippen LogP contribution in [0.2, 0.25) is 4.34 Å². The van der Waals surface area contributed by atoms with Crippen LogP contribution in [0, 0.1) is 18.6 Å². The molecule has 3 rings (SSSR count). The molecule has 0 atom stereocenters. The van der Waals surface area contributed by atoms with E-state index >= 15 is 0 Å². The van der Waals surface area contributed by atoms with Gasteiger partial charge in [0.2, 0.25) is 4.77 Å². The summed E-state index contributed by atoms with van der Waals surface area (Å²) in [5.74, 6) is 0.648. The first kappa shape index (κ1) is 15.6. The maximum absolute atomic E-state index is 5.97. The molecular weight excluding hydrogens is 338 g/mol. The van der Waals surface area contributed by atoms with Crippen molar-refractivity contribution in [1.29, 1.82) is 0 Å². The first-order chi connectivity index (χ1) is 10.4. The molecule has 5 nitrogen and oxygen atoms in total. The minimum absolute atomic E-state index is 0.607. The largest absolute Gasteiger partial charge is 0.282 e. The van der Waals surface area contributed by atoms with E-state index in [2.05, 4.69) is 15.0 Å². The van der Waals surface area contributed by atoms with Crippen LogP contribution in [0.4, 0.5) is 0 Å². The third-order valence-electron chi connectivity index (χ3n) is 3.30. The summed E-state index contributed by atoms with van der Waals surface area (Å²) >= 11 is 13.1. The summed E-state index contributed by atoms with van der Waals surface area (Å²) in [5, 5.41) is 4.52. The Morgan fingerprint density at radius 3 is 2.82 bits per heavy atom. The second-order valence-electron chi connectivity index (χ2n) is 5.32. The number of nitrogens with zero attached hydrogens (tertiary/aromatic N) is 5. The van der Waals surface area contributed by atoms with Gasteiger partial charge in [-0.05, 0) is 51.3 Å². The maximum Gasteiger partial charge on any atom is 0.254 e. The average molecular weight is 354 g/mol. The Balaban J connectivity index is 1.86. The Kier molecular flexibility index (Phi) is 4.31. The van der Waals surface area contributed by atoms with Gasteiger partial charge in [0.25, 0.3) is 5.78 Å². The van der Waals surface area contributed by atoms with Gasteiger partial charge in [0.1, 0.15) is 0 Å². The molecule has 0 saturated carbocycles. The topological polar surface area (TPSA) is 38.4 Å². The van der Waals surface area contributed by atoms with E-state index in [4.69, 9.17) is 23.8 Å². The molecule has 0 aromatic carbocycles. The normalized spacial score (nSPS) is 11.7. The van der Waals surface area contributed by atoms with Crippen molar-refractivity contribution in [1.82, 2.24) is 24.1 Å². The lowest BCUT2D eigenvalue weighted by molar-refractivity contribution is 0.246. The number of hydrogen-bond acceptors (Lipinski definition) is 5. The predicted octanol–water partition coefficient (Wildman–Crippen LogP) is 3.68. The van der Waals surface area contributed by atoms with Crippen LogP contribution < -0.4 is 0 Å². The summed E-state index contributed by atoms with van der Waals surface area (Å²) in [7, 11) is 2.03. The van der Waals surface area contributed by atoms with Gasteiger partial charge < -0.3 is 0 Å². The van der Waals surface area contributed by atoms with E-state index < -0.39 is 0 Å². The minimum Gasteiger partial charge on any atom is -0.282 e. The zero-order valence-electron chi connectivity index (χ0n) is 12.6. The number of rotatable bonds is 4. The van der Waals surface area contributed by atoms with E-state index in [1.807, 2.05) is 43.5 Å². The molecule has 0 unspecified atom stereocenters. The summed E-state index contributed by atoms with van der Waals surface area (Å²) in [6.45, 7) is 5.39. The minimum atomic E-state index is 0.607. The lowest BCUT2D eigenvalue weighted by atomic mass is 10.3. The van der Waals surface area contributed by atoms with E-state index in [0.717, 1.165) is 22.3 Å². The molecule has 0 saturated heterocycles. The van der Waals surface area contributed by atoms with Crippen LogP contribution in [0.15, 0.2) is 18.2 Å². The van der Waals surface area contributed by atoms with Gasteiger partial charge in [0, 0.05) is 22.8 Å². The number of thiophene rings is 1. The van der Waals surface area contributed by atoms with Crippen LogP contribution in [0.1, 0.15) is 16.3 Å². The van der Waals surface area contributed by atoms with E-state index in [9.17, 15) is 0 Å². The Bertz CT molecular complexity index is 879. The fourth-order valence-corrected chi connectivity index (χ4v) is 3.90. The Morgan fingerprint density at radius 2 is 2.14 bits per heavy atom. The highest BCUT2D eigenvalue weighted by atomic mass is 35.5. The van der Waals surface area contributed by atoms with E-state index in [1.165, 1.54) is 4.88 Å². The SMILES string of the molecule is Cc1cc(C)n2c(=S)n(CN(C)Cc3ccc(Cl)s3)nc2n1. The molecule has 3 aromatic rings. The second-order valence-corrected chi connectivity index (χ2v) is 7.48. The molecule has 0 bridgehead atoms. The van der Waals surface area contributed by atoms with Crippen molar-refractivity contribution >= 4 is 40.9 Å². The third kappa shape index (κ3) is 3.08. The Hall–Kier alpha value is -1.28. The summed E-state index contributed by atoms with van der Waals surface area (Å²) < 4.78 is 5.18. The lowest BCUT2D eigenvalue weighted by Crippen LogP contribution is -2.22. The highest BCUT2D eigenvalue weighted by Gasteiger charge is 2.10. The highest BCUT2D eigenvalue weighted by molar-refractivity contribution is 7.71. The van der Waals surface area contributed by atoms with E-state index in [1.54, 1.807) is 16.0 Å². The van der Waals surface area contributed by atoms with E-state index in [0.29, 0.717) is 17.2 Å². The molecule has 0 aliphatic carbocycles. The van der Waals surface area contributed by atoms with Crippen LogP contribution in [-0.4, -0.2) is 31.1 Å². The van der Waals surface area contributed by atoms with Gasteiger partial charge in [-0.25, -0.2) is 9.67 Å². The third-order valence-corrected chi connectivity index (χ3v) is 4.91. The summed E-state index contributed by atoms with van der Waals surface area (Å²) in [4.78, 5) is 7.80. The second kappa shape index (κ2) is 6.08. The predicted molar refractivity (Wildman–Crippen MR) is 92.1 cm³/mol. The fraction of sp³-hybridized carbons (Fsp3) is 0.357. The molecule has 0 fully saturated rings. The fourth-order valence-electron chi connectivity index (χ4n) is 2.41. The quantitative estimate of drug-likeness (QED) is 0.671. The zero-order chi connectivity index (χ0) is 15.9. The molecular formula is C14H16ClN5S2. The molecule has 0 N–H and O–H groups in total.